The summed E-state index contributed by atoms with van der Waals surface area (Å²) in [6.07, 6.45) is 14.3. The fraction of sp³-hybridized carbons (Fsp3) is 0.565. The van der Waals surface area contributed by atoms with Gasteiger partial charge in [0.1, 0.15) is 23.0 Å². The molecule has 2 aliphatic carbocycles. The summed E-state index contributed by atoms with van der Waals surface area (Å²) in [5, 5.41) is 0. The molecule has 0 radical (unpaired) electrons. The van der Waals surface area contributed by atoms with Crippen LogP contribution in [0.5, 0.6) is 0 Å². The van der Waals surface area contributed by atoms with Gasteiger partial charge >= 0.3 is 0 Å². The van der Waals surface area contributed by atoms with Crippen molar-refractivity contribution < 1.29 is 9.59 Å². The molecular formula is C23H33N5O2. The molecule has 2 aromatic heterocycles. The third-order valence-electron chi connectivity index (χ3n) is 5.94. The van der Waals surface area contributed by atoms with Crippen molar-refractivity contribution in [2.24, 2.45) is 0 Å². The van der Waals surface area contributed by atoms with Crippen LogP contribution in [-0.4, -0.2) is 49.7 Å². The lowest BCUT2D eigenvalue weighted by molar-refractivity contribution is 0.101. The SMILES string of the molecule is CC(=O)c1cn(C2CCC2)c(C)n1.Cc1ncc(C(=O)/C=C/N(C)C)n1C1CCC1. The average molecular weight is 412 g/mol. The maximum atomic E-state index is 12.1. The number of hydrogen-bond donors (Lipinski definition) is 0. The number of allylic oxidation sites excluding steroid dienone is 1. The summed E-state index contributed by atoms with van der Waals surface area (Å²) in [5.41, 5.74) is 1.31. The fourth-order valence-electron chi connectivity index (χ4n) is 3.73. The summed E-state index contributed by atoms with van der Waals surface area (Å²) in [6, 6.07) is 1.07. The Morgan fingerprint density at radius 2 is 1.70 bits per heavy atom. The number of imidazole rings is 2. The van der Waals surface area contributed by atoms with E-state index < -0.39 is 0 Å². The Morgan fingerprint density at radius 3 is 2.17 bits per heavy atom. The van der Waals surface area contributed by atoms with Gasteiger partial charge in [-0.3, -0.25) is 9.59 Å². The first-order chi connectivity index (χ1) is 14.3. The van der Waals surface area contributed by atoms with Crippen molar-refractivity contribution in [1.82, 2.24) is 24.0 Å². The number of carbonyl (C=O) groups is 2. The van der Waals surface area contributed by atoms with Gasteiger partial charge in [0.05, 0.1) is 6.20 Å². The third-order valence-corrected chi connectivity index (χ3v) is 5.94. The van der Waals surface area contributed by atoms with Crippen LogP contribution in [0, 0.1) is 13.8 Å². The van der Waals surface area contributed by atoms with E-state index in [1.165, 1.54) is 25.7 Å². The van der Waals surface area contributed by atoms with Crippen LogP contribution in [0.25, 0.3) is 0 Å². The zero-order valence-corrected chi connectivity index (χ0v) is 18.8. The number of carbonyl (C=O) groups excluding carboxylic acids is 2. The number of aryl methyl sites for hydroxylation is 2. The molecule has 30 heavy (non-hydrogen) atoms. The zero-order chi connectivity index (χ0) is 21.8. The third kappa shape index (κ3) is 4.89. The molecule has 2 heterocycles. The van der Waals surface area contributed by atoms with Crippen molar-refractivity contribution in [1.29, 1.82) is 0 Å². The fourth-order valence-corrected chi connectivity index (χ4v) is 3.73. The second-order valence-corrected chi connectivity index (χ2v) is 8.51. The number of hydrogen-bond acceptors (Lipinski definition) is 5. The monoisotopic (exact) mass is 411 g/mol. The van der Waals surface area contributed by atoms with Crippen LogP contribution in [0.1, 0.15) is 90.2 Å². The van der Waals surface area contributed by atoms with Crippen molar-refractivity contribution >= 4 is 11.6 Å². The molecule has 0 N–H and O–H groups in total. The Kier molecular flexibility index (Phi) is 6.90. The first-order valence-electron chi connectivity index (χ1n) is 10.8. The smallest absolute Gasteiger partial charge is 0.205 e. The van der Waals surface area contributed by atoms with Crippen LogP contribution in [0.15, 0.2) is 24.7 Å². The molecule has 0 unspecified atom stereocenters. The van der Waals surface area contributed by atoms with Crippen LogP contribution < -0.4 is 0 Å². The summed E-state index contributed by atoms with van der Waals surface area (Å²) in [7, 11) is 3.80. The molecule has 7 heteroatoms. The number of Topliss-reactive ketones (excluding diaryl/α,β-unsaturated/α-hetero) is 1. The molecule has 2 aliphatic rings. The minimum atomic E-state index is 0.0335. The molecule has 0 aliphatic heterocycles. The molecule has 0 saturated heterocycles. The molecule has 2 fully saturated rings. The maximum Gasteiger partial charge on any atom is 0.205 e. The van der Waals surface area contributed by atoms with E-state index in [9.17, 15) is 9.59 Å². The lowest BCUT2D eigenvalue weighted by Crippen LogP contribution is -2.21. The van der Waals surface area contributed by atoms with E-state index in [0.717, 1.165) is 24.5 Å². The first-order valence-corrected chi connectivity index (χ1v) is 10.8. The van der Waals surface area contributed by atoms with Gasteiger partial charge in [0.15, 0.2) is 5.78 Å². The highest BCUT2D eigenvalue weighted by Gasteiger charge is 2.25. The van der Waals surface area contributed by atoms with Crippen molar-refractivity contribution in [3.05, 3.63) is 47.7 Å². The van der Waals surface area contributed by atoms with Crippen LogP contribution in [0.4, 0.5) is 0 Å². The summed E-state index contributed by atoms with van der Waals surface area (Å²) < 4.78 is 4.23. The normalized spacial score (nSPS) is 16.6. The van der Waals surface area contributed by atoms with Crippen LogP contribution >= 0.6 is 0 Å². The quantitative estimate of drug-likeness (QED) is 0.524. The van der Waals surface area contributed by atoms with Crippen molar-refractivity contribution in [2.45, 2.75) is 71.4 Å². The Balaban J connectivity index is 0.000000177. The second kappa shape index (κ2) is 9.41. The van der Waals surface area contributed by atoms with E-state index in [0.29, 0.717) is 23.5 Å². The largest absolute Gasteiger partial charge is 0.383 e. The van der Waals surface area contributed by atoms with Crippen molar-refractivity contribution in [3.8, 4) is 0 Å². The van der Waals surface area contributed by atoms with Gasteiger partial charge in [-0.25, -0.2) is 9.97 Å². The van der Waals surface area contributed by atoms with E-state index >= 15 is 0 Å². The van der Waals surface area contributed by atoms with E-state index in [1.807, 2.05) is 39.0 Å². The lowest BCUT2D eigenvalue weighted by Gasteiger charge is -2.29. The first kappa shape index (κ1) is 22.0. The van der Waals surface area contributed by atoms with Crippen LogP contribution in [0.2, 0.25) is 0 Å². The van der Waals surface area contributed by atoms with E-state index in [4.69, 9.17) is 0 Å². The van der Waals surface area contributed by atoms with Gasteiger partial charge in [0.25, 0.3) is 0 Å². The highest BCUT2D eigenvalue weighted by atomic mass is 16.1. The summed E-state index contributed by atoms with van der Waals surface area (Å²) in [6.45, 7) is 5.49. The lowest BCUT2D eigenvalue weighted by atomic mass is 9.92. The topological polar surface area (TPSA) is 73.0 Å². The molecule has 2 aromatic rings. The number of ketones is 2. The summed E-state index contributed by atoms with van der Waals surface area (Å²) in [4.78, 5) is 33.5. The molecule has 0 spiro atoms. The van der Waals surface area contributed by atoms with Gasteiger partial charge in [-0.1, -0.05) is 0 Å². The Morgan fingerprint density at radius 1 is 1.07 bits per heavy atom. The number of nitrogens with zero attached hydrogens (tertiary/aromatic N) is 5. The summed E-state index contributed by atoms with van der Waals surface area (Å²) >= 11 is 0. The van der Waals surface area contributed by atoms with Crippen molar-refractivity contribution in [3.63, 3.8) is 0 Å². The zero-order valence-electron chi connectivity index (χ0n) is 18.8. The highest BCUT2D eigenvalue weighted by molar-refractivity contribution is 6.03. The van der Waals surface area contributed by atoms with Gasteiger partial charge in [0, 0.05) is 51.6 Å². The van der Waals surface area contributed by atoms with Crippen LogP contribution in [-0.2, 0) is 0 Å². The van der Waals surface area contributed by atoms with Crippen molar-refractivity contribution in [2.75, 3.05) is 14.1 Å². The maximum absolute atomic E-state index is 12.1. The Labute approximate surface area is 178 Å². The summed E-state index contributed by atoms with van der Waals surface area (Å²) in [5.74, 6) is 2.00. The van der Waals surface area contributed by atoms with E-state index in [1.54, 1.807) is 25.4 Å². The minimum Gasteiger partial charge on any atom is -0.383 e. The van der Waals surface area contributed by atoms with Gasteiger partial charge < -0.3 is 14.0 Å². The van der Waals surface area contributed by atoms with Crippen LogP contribution in [0.3, 0.4) is 0 Å². The highest BCUT2D eigenvalue weighted by Crippen LogP contribution is 2.34. The molecule has 0 amide bonds. The van der Waals surface area contributed by atoms with E-state index in [-0.39, 0.29) is 11.6 Å². The molecule has 162 valence electrons. The molecule has 2 saturated carbocycles. The van der Waals surface area contributed by atoms with Gasteiger partial charge in [-0.15, -0.1) is 0 Å². The second-order valence-electron chi connectivity index (χ2n) is 8.51. The van der Waals surface area contributed by atoms with Gasteiger partial charge in [-0.2, -0.15) is 0 Å². The predicted octanol–water partition coefficient (Wildman–Crippen LogP) is 4.29. The minimum absolute atomic E-state index is 0.0335. The molecular weight excluding hydrogens is 378 g/mol. The number of rotatable bonds is 6. The van der Waals surface area contributed by atoms with Gasteiger partial charge in [0.2, 0.25) is 5.78 Å². The molecule has 0 bridgehead atoms. The predicted molar refractivity (Wildman–Crippen MR) is 117 cm³/mol. The molecule has 0 aromatic carbocycles. The average Bonchev–Trinajstić information content (AvgIpc) is 3.15. The van der Waals surface area contributed by atoms with Gasteiger partial charge in [-0.05, 0) is 52.4 Å². The molecule has 7 nitrogen and oxygen atoms in total. The molecule has 0 atom stereocenters. The Hall–Kier alpha value is -2.70. The van der Waals surface area contributed by atoms with E-state index in [2.05, 4.69) is 19.1 Å². The number of aromatic nitrogens is 4. The molecule has 4 rings (SSSR count). The standard InChI is InChI=1S/C13H19N3O.C10H14N2O/c1-10-14-9-12(13(17)7-8-15(2)3)16(10)11-5-4-6-11;1-7(13)10-6-12(8(2)11-10)9-4-3-5-9/h7-9,11H,4-6H2,1-3H3;6,9H,3-5H2,1-2H3/b8-7+;. The Bertz CT molecular complexity index is 930.